The number of piperidine rings is 1. The molecule has 2 atom stereocenters. The lowest BCUT2D eigenvalue weighted by molar-refractivity contribution is 0.174. The summed E-state index contributed by atoms with van der Waals surface area (Å²) in [5, 5.41) is 3.68. The normalized spacial score (nSPS) is 22.4. The molecule has 0 amide bonds. The Labute approximate surface area is 118 Å². The Bertz CT molecular complexity index is 389. The lowest BCUT2D eigenvalue weighted by Crippen LogP contribution is -2.38. The molecule has 0 radical (unpaired) electrons. The van der Waals surface area contributed by atoms with Crippen molar-refractivity contribution in [2.24, 2.45) is 0 Å². The number of aryl methyl sites for hydroxylation is 1. The zero-order chi connectivity index (χ0) is 13.7. The first kappa shape index (κ1) is 14.5. The van der Waals surface area contributed by atoms with Gasteiger partial charge in [0, 0.05) is 12.1 Å². The van der Waals surface area contributed by atoms with Gasteiger partial charge in [0.1, 0.15) is 0 Å². The largest absolute Gasteiger partial charge is 0.310 e. The fraction of sp³-hybridized carbons (Fsp3) is 0.647. The zero-order valence-corrected chi connectivity index (χ0v) is 12.7. The highest BCUT2D eigenvalue weighted by atomic mass is 15.1. The predicted octanol–water partition coefficient (Wildman–Crippen LogP) is 3.52. The Morgan fingerprint density at radius 3 is 2.84 bits per heavy atom. The quantitative estimate of drug-likeness (QED) is 0.871. The summed E-state index contributed by atoms with van der Waals surface area (Å²) in [4.78, 5) is 2.53. The van der Waals surface area contributed by atoms with E-state index < -0.39 is 0 Å². The number of benzene rings is 1. The van der Waals surface area contributed by atoms with Crippen LogP contribution >= 0.6 is 0 Å². The zero-order valence-electron chi connectivity index (χ0n) is 12.7. The van der Waals surface area contributed by atoms with Crippen molar-refractivity contribution >= 4 is 0 Å². The summed E-state index contributed by atoms with van der Waals surface area (Å²) in [7, 11) is 2.27. The molecule has 0 saturated carbocycles. The van der Waals surface area contributed by atoms with Gasteiger partial charge in [-0.2, -0.15) is 0 Å². The highest BCUT2D eigenvalue weighted by Crippen LogP contribution is 2.19. The summed E-state index contributed by atoms with van der Waals surface area (Å²) in [5.74, 6) is 0. The van der Waals surface area contributed by atoms with E-state index in [1.165, 1.54) is 43.4 Å². The molecule has 1 aliphatic heterocycles. The van der Waals surface area contributed by atoms with Gasteiger partial charge >= 0.3 is 0 Å². The molecule has 1 aromatic rings. The van der Waals surface area contributed by atoms with Crippen molar-refractivity contribution in [3.05, 3.63) is 35.4 Å². The van der Waals surface area contributed by atoms with Crippen LogP contribution in [0.25, 0.3) is 0 Å². The minimum atomic E-state index is 0.454. The summed E-state index contributed by atoms with van der Waals surface area (Å²) >= 11 is 0. The van der Waals surface area contributed by atoms with Gasteiger partial charge in [-0.25, -0.2) is 0 Å². The third kappa shape index (κ3) is 4.05. The Hall–Kier alpha value is -0.860. The molecule has 19 heavy (non-hydrogen) atoms. The minimum Gasteiger partial charge on any atom is -0.310 e. The Morgan fingerprint density at radius 2 is 2.11 bits per heavy atom. The first-order valence-corrected chi connectivity index (χ1v) is 7.67. The molecule has 106 valence electrons. The Kier molecular flexibility index (Phi) is 5.41. The first-order chi connectivity index (χ1) is 9.18. The van der Waals surface area contributed by atoms with Gasteiger partial charge < -0.3 is 10.2 Å². The predicted molar refractivity (Wildman–Crippen MR) is 82.5 cm³/mol. The summed E-state index contributed by atoms with van der Waals surface area (Å²) in [6.07, 6.45) is 5.42. The van der Waals surface area contributed by atoms with Crippen LogP contribution in [-0.4, -0.2) is 31.1 Å². The molecule has 0 bridgehead atoms. The third-order valence-electron chi connectivity index (χ3n) is 4.50. The summed E-state index contributed by atoms with van der Waals surface area (Å²) in [6, 6.07) is 9.92. The van der Waals surface area contributed by atoms with Gasteiger partial charge in [0.25, 0.3) is 0 Å². The number of nitrogens with zero attached hydrogens (tertiary/aromatic N) is 1. The fourth-order valence-corrected chi connectivity index (χ4v) is 3.16. The van der Waals surface area contributed by atoms with E-state index in [2.05, 4.69) is 55.4 Å². The highest BCUT2D eigenvalue weighted by Gasteiger charge is 2.18. The SMILES string of the molecule is Cc1ccccc1[C@@H](C)NCCC1CCCCN1C. The second-order valence-electron chi connectivity index (χ2n) is 5.95. The van der Waals surface area contributed by atoms with Crippen molar-refractivity contribution in [2.75, 3.05) is 20.1 Å². The monoisotopic (exact) mass is 260 g/mol. The van der Waals surface area contributed by atoms with Crippen LogP contribution < -0.4 is 5.32 Å². The lowest BCUT2D eigenvalue weighted by atomic mass is 9.99. The third-order valence-corrected chi connectivity index (χ3v) is 4.50. The lowest BCUT2D eigenvalue weighted by Gasteiger charge is -2.32. The maximum atomic E-state index is 3.68. The molecule has 1 heterocycles. The molecule has 1 aliphatic rings. The molecular weight excluding hydrogens is 232 g/mol. The van der Waals surface area contributed by atoms with Crippen molar-refractivity contribution in [3.8, 4) is 0 Å². The van der Waals surface area contributed by atoms with Gasteiger partial charge in [0.2, 0.25) is 0 Å². The summed E-state index contributed by atoms with van der Waals surface area (Å²) in [5.41, 5.74) is 2.82. The van der Waals surface area contributed by atoms with Crippen molar-refractivity contribution in [1.82, 2.24) is 10.2 Å². The molecule has 1 fully saturated rings. The van der Waals surface area contributed by atoms with Gasteiger partial charge in [-0.1, -0.05) is 30.7 Å². The smallest absolute Gasteiger partial charge is 0.0294 e. The molecule has 1 saturated heterocycles. The van der Waals surface area contributed by atoms with Gasteiger partial charge in [-0.3, -0.25) is 0 Å². The van der Waals surface area contributed by atoms with Crippen LogP contribution in [0.4, 0.5) is 0 Å². The Balaban J connectivity index is 1.77. The van der Waals surface area contributed by atoms with E-state index in [1.807, 2.05) is 0 Å². The van der Waals surface area contributed by atoms with Crippen molar-refractivity contribution in [1.29, 1.82) is 0 Å². The molecule has 0 aliphatic carbocycles. The van der Waals surface area contributed by atoms with E-state index in [0.717, 1.165) is 12.6 Å². The van der Waals surface area contributed by atoms with E-state index in [9.17, 15) is 0 Å². The number of nitrogens with one attached hydrogen (secondary N) is 1. The van der Waals surface area contributed by atoms with Crippen molar-refractivity contribution in [2.45, 2.75) is 51.6 Å². The van der Waals surface area contributed by atoms with E-state index in [-0.39, 0.29) is 0 Å². The average Bonchev–Trinajstić information content (AvgIpc) is 2.41. The average molecular weight is 260 g/mol. The molecule has 1 N–H and O–H groups in total. The van der Waals surface area contributed by atoms with Crippen LogP contribution in [0.15, 0.2) is 24.3 Å². The van der Waals surface area contributed by atoms with Gasteiger partial charge in [-0.15, -0.1) is 0 Å². The topological polar surface area (TPSA) is 15.3 Å². The van der Waals surface area contributed by atoms with Crippen molar-refractivity contribution < 1.29 is 0 Å². The van der Waals surface area contributed by atoms with Crippen LogP contribution in [0.3, 0.4) is 0 Å². The number of rotatable bonds is 5. The van der Waals surface area contributed by atoms with Crippen molar-refractivity contribution in [3.63, 3.8) is 0 Å². The second-order valence-corrected chi connectivity index (χ2v) is 5.95. The summed E-state index contributed by atoms with van der Waals surface area (Å²) in [6.45, 7) is 6.86. The van der Waals surface area contributed by atoms with Crippen LogP contribution in [0.2, 0.25) is 0 Å². The maximum Gasteiger partial charge on any atom is 0.0294 e. The van der Waals surface area contributed by atoms with Crippen LogP contribution in [0.1, 0.15) is 49.8 Å². The van der Waals surface area contributed by atoms with Gasteiger partial charge in [-0.05, 0) is 64.4 Å². The van der Waals surface area contributed by atoms with E-state index in [1.54, 1.807) is 0 Å². The molecule has 1 unspecified atom stereocenters. The molecule has 2 rings (SSSR count). The van der Waals surface area contributed by atoms with Gasteiger partial charge in [0.05, 0.1) is 0 Å². The molecular formula is C17H28N2. The molecule has 1 aromatic carbocycles. The number of likely N-dealkylation sites (tertiary alicyclic amines) is 1. The van der Waals surface area contributed by atoms with Crippen LogP contribution in [0.5, 0.6) is 0 Å². The molecule has 0 aromatic heterocycles. The standard InChI is InChI=1S/C17H28N2/c1-14-8-4-5-10-17(14)15(2)18-12-11-16-9-6-7-13-19(16)3/h4-5,8,10,15-16,18H,6-7,9,11-13H2,1-3H3/t15-,16?/m1/s1. The molecule has 0 spiro atoms. The van der Waals surface area contributed by atoms with E-state index >= 15 is 0 Å². The first-order valence-electron chi connectivity index (χ1n) is 7.67. The molecule has 2 heteroatoms. The van der Waals surface area contributed by atoms with E-state index in [4.69, 9.17) is 0 Å². The van der Waals surface area contributed by atoms with Crippen LogP contribution in [0, 0.1) is 6.92 Å². The Morgan fingerprint density at radius 1 is 1.32 bits per heavy atom. The highest BCUT2D eigenvalue weighted by molar-refractivity contribution is 5.28. The molecule has 2 nitrogen and oxygen atoms in total. The number of hydrogen-bond acceptors (Lipinski definition) is 2. The maximum absolute atomic E-state index is 3.68. The summed E-state index contributed by atoms with van der Waals surface area (Å²) < 4.78 is 0. The fourth-order valence-electron chi connectivity index (χ4n) is 3.16. The van der Waals surface area contributed by atoms with E-state index in [0.29, 0.717) is 6.04 Å². The number of hydrogen-bond donors (Lipinski definition) is 1. The van der Waals surface area contributed by atoms with Gasteiger partial charge in [0.15, 0.2) is 0 Å². The minimum absolute atomic E-state index is 0.454. The second kappa shape index (κ2) is 7.06. The van der Waals surface area contributed by atoms with Crippen LogP contribution in [-0.2, 0) is 0 Å².